The van der Waals surface area contributed by atoms with E-state index in [-0.39, 0.29) is 5.56 Å². The van der Waals surface area contributed by atoms with Gasteiger partial charge in [-0.2, -0.15) is 0 Å². The maximum absolute atomic E-state index is 13.3. The number of hydrogen-bond donors (Lipinski definition) is 0. The van der Waals surface area contributed by atoms with Crippen molar-refractivity contribution in [3.63, 3.8) is 0 Å². The van der Waals surface area contributed by atoms with Gasteiger partial charge in [-0.15, -0.1) is 0 Å². The predicted octanol–water partition coefficient (Wildman–Crippen LogP) is 4.32. The zero-order valence-electron chi connectivity index (χ0n) is 18.1. The molecule has 0 fully saturated rings. The molecule has 0 spiro atoms. The number of rotatable bonds is 7. The Hall–Kier alpha value is -3.39. The molecule has 0 aliphatic carbocycles. The molecule has 0 unspecified atom stereocenters. The molecule has 0 atom stereocenters. The summed E-state index contributed by atoms with van der Waals surface area (Å²) in [6, 6.07) is 14.8. The number of ether oxygens (including phenoxy) is 1. The average molecular weight is 450 g/mol. The number of aryl methyl sites for hydroxylation is 3. The summed E-state index contributed by atoms with van der Waals surface area (Å²) in [5.74, 6) is 1.32. The van der Waals surface area contributed by atoms with E-state index >= 15 is 0 Å². The minimum absolute atomic E-state index is 0.149. The third-order valence-electron chi connectivity index (χ3n) is 5.21. The van der Waals surface area contributed by atoms with E-state index in [1.54, 1.807) is 22.8 Å². The topological polar surface area (TPSA) is 87.2 Å². The Balaban J connectivity index is 1.72. The number of carbonyl (C=O) groups is 1. The molecule has 0 aliphatic rings. The van der Waals surface area contributed by atoms with Gasteiger partial charge >= 0.3 is 5.97 Å². The zero-order valence-corrected chi connectivity index (χ0v) is 18.9. The fraction of sp³-hybridized carbons (Fsp3) is 0.250. The summed E-state index contributed by atoms with van der Waals surface area (Å²) < 4.78 is 12.2. The smallest absolute Gasteiger partial charge is 0.337 e. The summed E-state index contributed by atoms with van der Waals surface area (Å²) in [4.78, 5) is 34.4. The average Bonchev–Trinajstić information content (AvgIpc) is 3.14. The number of hydrogen-bond acceptors (Lipinski definition) is 7. The van der Waals surface area contributed by atoms with Crippen LogP contribution in [0.4, 0.5) is 0 Å². The van der Waals surface area contributed by atoms with Crippen molar-refractivity contribution in [2.75, 3.05) is 7.11 Å². The number of thioether (sulfide) groups is 1. The lowest BCUT2D eigenvalue weighted by Crippen LogP contribution is -2.24. The van der Waals surface area contributed by atoms with E-state index < -0.39 is 5.97 Å². The Morgan fingerprint density at radius 3 is 2.59 bits per heavy atom. The van der Waals surface area contributed by atoms with E-state index in [0.717, 1.165) is 17.0 Å². The molecule has 32 heavy (non-hydrogen) atoms. The molecule has 8 heteroatoms. The van der Waals surface area contributed by atoms with Crippen LogP contribution in [0.2, 0.25) is 0 Å². The third-order valence-corrected chi connectivity index (χ3v) is 6.17. The molecular formula is C24H23N3O4S. The summed E-state index contributed by atoms with van der Waals surface area (Å²) >= 11 is 1.39. The van der Waals surface area contributed by atoms with Crippen molar-refractivity contribution in [2.45, 2.75) is 37.7 Å². The van der Waals surface area contributed by atoms with Gasteiger partial charge in [-0.05, 0) is 44.0 Å². The van der Waals surface area contributed by atoms with Gasteiger partial charge in [0.25, 0.3) is 5.56 Å². The van der Waals surface area contributed by atoms with Gasteiger partial charge in [0.15, 0.2) is 5.16 Å². The van der Waals surface area contributed by atoms with E-state index in [2.05, 4.69) is 4.98 Å². The van der Waals surface area contributed by atoms with Crippen LogP contribution in [0, 0.1) is 13.8 Å². The van der Waals surface area contributed by atoms with Gasteiger partial charge in [0.2, 0.25) is 5.89 Å². The summed E-state index contributed by atoms with van der Waals surface area (Å²) in [6.45, 7) is 4.25. The van der Waals surface area contributed by atoms with Crippen molar-refractivity contribution in [2.24, 2.45) is 0 Å². The maximum Gasteiger partial charge on any atom is 0.337 e. The highest BCUT2D eigenvalue weighted by Crippen LogP contribution is 2.24. The molecule has 0 N–H and O–H groups in total. The second-order valence-corrected chi connectivity index (χ2v) is 8.29. The fourth-order valence-electron chi connectivity index (χ4n) is 3.37. The minimum Gasteiger partial charge on any atom is -0.465 e. The number of esters is 1. The second kappa shape index (κ2) is 9.40. The summed E-state index contributed by atoms with van der Waals surface area (Å²) in [5.41, 5.74) is 2.64. The molecule has 0 amide bonds. The first-order valence-corrected chi connectivity index (χ1v) is 11.2. The van der Waals surface area contributed by atoms with Gasteiger partial charge in [0.1, 0.15) is 5.76 Å². The number of methoxy groups -OCH3 is 1. The van der Waals surface area contributed by atoms with Crippen LogP contribution >= 0.6 is 11.8 Å². The zero-order chi connectivity index (χ0) is 22.7. The monoisotopic (exact) mass is 449 g/mol. The van der Waals surface area contributed by atoms with E-state index in [0.29, 0.717) is 46.2 Å². The lowest BCUT2D eigenvalue weighted by molar-refractivity contribution is 0.0601. The van der Waals surface area contributed by atoms with Gasteiger partial charge in [0, 0.05) is 6.54 Å². The Kier molecular flexibility index (Phi) is 6.41. The van der Waals surface area contributed by atoms with Crippen molar-refractivity contribution < 1.29 is 13.9 Å². The number of oxazole rings is 1. The molecule has 164 valence electrons. The predicted molar refractivity (Wildman–Crippen MR) is 123 cm³/mol. The lowest BCUT2D eigenvalue weighted by Gasteiger charge is -2.13. The van der Waals surface area contributed by atoms with Gasteiger partial charge in [-0.25, -0.2) is 14.8 Å². The van der Waals surface area contributed by atoms with Crippen LogP contribution in [0.5, 0.6) is 0 Å². The van der Waals surface area contributed by atoms with Crippen molar-refractivity contribution in [3.8, 4) is 0 Å². The Morgan fingerprint density at radius 2 is 1.91 bits per heavy atom. The quantitative estimate of drug-likeness (QED) is 0.236. The Labute approximate surface area is 189 Å². The van der Waals surface area contributed by atoms with Crippen molar-refractivity contribution in [1.29, 1.82) is 0 Å². The number of aromatic nitrogens is 3. The van der Waals surface area contributed by atoms with Gasteiger partial charge in [-0.1, -0.05) is 42.1 Å². The molecule has 0 aliphatic heterocycles. The minimum atomic E-state index is -0.470. The van der Waals surface area contributed by atoms with E-state index in [4.69, 9.17) is 14.1 Å². The highest BCUT2D eigenvalue weighted by Gasteiger charge is 2.16. The standard InChI is InChI=1S/C24H23N3O4S/c1-15-16(2)31-21(25-15)14-32-24-26-20-13-18(23(29)30-3)9-10-19(20)22(28)27(24)12-11-17-7-5-4-6-8-17/h4-10,13H,11-12,14H2,1-3H3. The molecule has 0 saturated carbocycles. The number of carbonyl (C=O) groups excluding carboxylic acids is 1. The Morgan fingerprint density at radius 1 is 1.12 bits per heavy atom. The molecule has 0 radical (unpaired) electrons. The highest BCUT2D eigenvalue weighted by molar-refractivity contribution is 7.98. The van der Waals surface area contributed by atoms with Crippen LogP contribution in [0.1, 0.15) is 33.3 Å². The molecule has 0 saturated heterocycles. The number of nitrogens with zero attached hydrogens (tertiary/aromatic N) is 3. The lowest BCUT2D eigenvalue weighted by atomic mass is 10.1. The first-order chi connectivity index (χ1) is 15.5. The molecular weight excluding hydrogens is 426 g/mol. The van der Waals surface area contributed by atoms with Crippen molar-refractivity contribution in [1.82, 2.24) is 14.5 Å². The first kappa shape index (κ1) is 21.8. The van der Waals surface area contributed by atoms with Crippen LogP contribution in [0.15, 0.2) is 62.9 Å². The van der Waals surface area contributed by atoms with Gasteiger partial charge in [0.05, 0.1) is 35.0 Å². The van der Waals surface area contributed by atoms with Crippen molar-refractivity contribution in [3.05, 3.63) is 87.4 Å². The molecule has 0 bridgehead atoms. The first-order valence-electron chi connectivity index (χ1n) is 10.2. The highest BCUT2D eigenvalue weighted by atomic mass is 32.2. The molecule has 4 aromatic rings. The van der Waals surface area contributed by atoms with E-state index in [1.165, 1.54) is 18.9 Å². The molecule has 2 aromatic heterocycles. The summed E-state index contributed by atoms with van der Waals surface area (Å²) in [6.07, 6.45) is 0.693. The molecule has 4 rings (SSSR count). The van der Waals surface area contributed by atoms with Crippen LogP contribution in [-0.4, -0.2) is 27.6 Å². The largest absolute Gasteiger partial charge is 0.465 e. The molecule has 7 nitrogen and oxygen atoms in total. The van der Waals surface area contributed by atoms with E-state index in [9.17, 15) is 9.59 Å². The number of benzene rings is 2. The number of fused-ring (bicyclic) bond motifs is 1. The summed E-state index contributed by atoms with van der Waals surface area (Å²) in [5, 5.41) is 1.01. The van der Waals surface area contributed by atoms with Gasteiger partial charge in [-0.3, -0.25) is 9.36 Å². The SMILES string of the molecule is COC(=O)c1ccc2c(=O)n(CCc3ccccc3)c(SCc3nc(C)c(C)o3)nc2c1. The van der Waals surface area contributed by atoms with Crippen LogP contribution in [0.25, 0.3) is 10.9 Å². The Bertz CT molecular complexity index is 1310. The van der Waals surface area contributed by atoms with Crippen LogP contribution < -0.4 is 5.56 Å². The summed E-state index contributed by atoms with van der Waals surface area (Å²) in [7, 11) is 1.32. The molecule has 2 heterocycles. The second-order valence-electron chi connectivity index (χ2n) is 7.35. The molecule has 2 aromatic carbocycles. The van der Waals surface area contributed by atoms with Crippen LogP contribution in [-0.2, 0) is 23.5 Å². The van der Waals surface area contributed by atoms with Crippen molar-refractivity contribution >= 4 is 28.6 Å². The normalized spacial score (nSPS) is 11.1. The fourth-order valence-corrected chi connectivity index (χ4v) is 4.23. The van der Waals surface area contributed by atoms with Crippen LogP contribution in [0.3, 0.4) is 0 Å². The third kappa shape index (κ3) is 4.60. The van der Waals surface area contributed by atoms with Gasteiger partial charge < -0.3 is 9.15 Å². The van der Waals surface area contributed by atoms with E-state index in [1.807, 2.05) is 44.2 Å². The maximum atomic E-state index is 13.3.